The molecule has 4 aromatic heterocycles. The summed E-state index contributed by atoms with van der Waals surface area (Å²) in [6.07, 6.45) is 7.95. The Balaban J connectivity index is 0.000000136. The third kappa shape index (κ3) is 18.5. The van der Waals surface area contributed by atoms with Crippen molar-refractivity contribution in [2.45, 2.75) is 191 Å². The van der Waals surface area contributed by atoms with Gasteiger partial charge in [0.1, 0.15) is 65.9 Å². The van der Waals surface area contributed by atoms with Gasteiger partial charge in [-0.05, 0) is 162 Å². The number of aromatic nitrogens is 4. The first-order chi connectivity index (χ1) is 66.4. The molecule has 0 aliphatic carbocycles. The molecule has 12 aliphatic rings. The van der Waals surface area contributed by atoms with E-state index in [1.807, 2.05) is 121 Å². The minimum Gasteiger partial charge on any atom is -1.00 e. The maximum atomic E-state index is 14.2. The first kappa shape index (κ1) is 102. The van der Waals surface area contributed by atoms with E-state index in [-0.39, 0.29) is 174 Å². The number of halogens is 8. The monoisotopic (exact) mass is 2050 g/mol. The van der Waals surface area contributed by atoms with Crippen LogP contribution in [0, 0.1) is 45.1 Å². The number of ether oxygens (including phenoxy) is 7. The van der Waals surface area contributed by atoms with Crippen molar-refractivity contribution in [3.05, 3.63) is 328 Å². The Morgan fingerprint density at radius 1 is 0.443 bits per heavy atom. The number of carbonyl (C=O) groups excluding carboxylic acids is 6. The fourth-order valence-corrected chi connectivity index (χ4v) is 22.0. The minimum atomic E-state index is -0.946. The molecule has 39 heteroatoms. The zero-order valence-electron chi connectivity index (χ0n) is 77.1. The van der Waals surface area contributed by atoms with Crippen molar-refractivity contribution in [1.82, 2.24) is 48.5 Å². The van der Waals surface area contributed by atoms with Crippen LogP contribution in [0.1, 0.15) is 222 Å². The predicted octanol–water partition coefficient (Wildman–Crippen LogP) is 6.57. The summed E-state index contributed by atoms with van der Waals surface area (Å²) in [5.74, 6) is -7.65. The fraction of sp³-hybridized carbons (Fsp3) is 0.376. The molecule has 8 atom stereocenters. The van der Waals surface area contributed by atoms with Crippen LogP contribution >= 0.6 is 22.6 Å². The Morgan fingerprint density at radius 3 is 1.15 bits per heavy atom. The second-order valence-corrected chi connectivity index (χ2v) is 36.9. The van der Waals surface area contributed by atoms with E-state index in [4.69, 9.17) is 43.5 Å². The van der Waals surface area contributed by atoms with Crippen LogP contribution in [-0.4, -0.2) is 154 Å². The van der Waals surface area contributed by atoms with Crippen LogP contribution < -0.4 is 83.6 Å². The number of pyridine rings is 4. The van der Waals surface area contributed by atoms with Crippen molar-refractivity contribution in [3.63, 3.8) is 0 Å². The molecule has 30 nitrogen and oxygen atoms in total. The number of fused-ring (bicyclic) bond motifs is 8. The molecule has 8 unspecified atom stereocenters. The van der Waals surface area contributed by atoms with Gasteiger partial charge in [0.05, 0.1) is 54.2 Å². The van der Waals surface area contributed by atoms with Gasteiger partial charge in [0, 0.05) is 110 Å². The van der Waals surface area contributed by atoms with Gasteiger partial charge >= 0.3 is 30.2 Å². The number of hydrogen-bond acceptors (Lipinski definition) is 19. The van der Waals surface area contributed by atoms with Crippen LogP contribution in [0.5, 0.6) is 23.0 Å². The average molecular weight is 2050 g/mol. The normalized spacial score (nSPS) is 22.2. The van der Waals surface area contributed by atoms with Crippen molar-refractivity contribution >= 4 is 58.0 Å². The summed E-state index contributed by atoms with van der Waals surface area (Å²) in [5.41, 5.74) is 6.01. The van der Waals surface area contributed by atoms with E-state index in [0.29, 0.717) is 129 Å². The number of hydrogen-bond donors (Lipinski definition) is 4. The van der Waals surface area contributed by atoms with E-state index in [1.165, 1.54) is 24.3 Å². The van der Waals surface area contributed by atoms with Crippen LogP contribution in [0.3, 0.4) is 0 Å². The Kier molecular flexibility index (Phi) is 30.7. The molecular weight excluding hydrogens is 1950 g/mol. The first-order valence-electron chi connectivity index (χ1n) is 45.6. The number of rotatable bonds is 16. The summed E-state index contributed by atoms with van der Waals surface area (Å²) in [7, 11) is 0. The molecule has 4 saturated heterocycles. The number of benzene rings is 6. The van der Waals surface area contributed by atoms with Gasteiger partial charge in [0.25, 0.3) is 35.4 Å². The maximum absolute atomic E-state index is 14.2. The van der Waals surface area contributed by atoms with Crippen LogP contribution in [0.25, 0.3) is 0 Å². The molecule has 728 valence electrons. The smallest absolute Gasteiger partial charge is 1.00 e. The Labute approximate surface area is 830 Å². The Hall–Kier alpha value is -12.1. The van der Waals surface area contributed by atoms with Gasteiger partial charge in [-0.2, -0.15) is 0 Å². The SMILES string of the molecule is CC12OCCCN1C(=O)c1c(O)c(=O)c(C(=O)NCc3ccc(F)cc3F)c3n1C2CC3.CC12OCCCN1C(=O)c1c(OCc3ccccc3)c(=O)c(C(=O)NCc3ccc(F)cc3F)c3n1C2CC3.CC12OCCCN1C(=O)c1c(OCc3ccccc3)c(=O)c(I)c3n1C2CC3.CC12OCCCN1C(=O)c1c(OCc3ccccc3)c(=O)cc3n1C2CC3.NCc1ccc(F)cc1F.[C-]#[O+].[Cl-].[Li+]. The van der Waals surface area contributed by atoms with Gasteiger partial charge in [0.15, 0.2) is 68.7 Å². The van der Waals surface area contributed by atoms with E-state index in [1.54, 1.807) is 41.7 Å². The fourth-order valence-electron chi connectivity index (χ4n) is 21.2. The van der Waals surface area contributed by atoms with E-state index >= 15 is 0 Å². The molecule has 16 heterocycles. The van der Waals surface area contributed by atoms with Crippen LogP contribution in [0.2, 0.25) is 0 Å². The summed E-state index contributed by atoms with van der Waals surface area (Å²) < 4.78 is 137. The van der Waals surface area contributed by atoms with E-state index in [2.05, 4.69) is 39.9 Å². The van der Waals surface area contributed by atoms with E-state index in [0.717, 1.165) is 90.9 Å². The van der Waals surface area contributed by atoms with Gasteiger partial charge in [0.2, 0.25) is 21.7 Å². The summed E-state index contributed by atoms with van der Waals surface area (Å²) in [5, 5.41) is 15.7. The molecule has 0 bridgehead atoms. The van der Waals surface area contributed by atoms with Gasteiger partial charge < -0.3 is 105 Å². The summed E-state index contributed by atoms with van der Waals surface area (Å²) in [6, 6.07) is 38.9. The predicted molar refractivity (Wildman–Crippen MR) is 492 cm³/mol. The summed E-state index contributed by atoms with van der Waals surface area (Å²) in [4.78, 5) is 140. The standard InChI is InChI=1S/C29H27F2N3O5.C22H21F2N3O5.C21H21IN2O4.C21H22N2O4.C7H7F2N.CO.ClH.Li/c1-29-22-11-10-21-23(27(36)32-15-18-8-9-19(30)14-20(18)31)25(35)26(38-16-17-6-3-2-4-7-17)24(34(21)22)28(37)33(29)12-5-13-39-29;1-22-15-6-5-14-16(20(30)25-10-11-3-4-12(23)9-13(11)24)18(28)19(29)17(27(14)15)21(31)26(22)7-2-8-32-22;1-21-15-9-8-14-16(22)18(25)19(27-12-13-6-3-2-4-7-13)17(24(14)15)20(26)23(21)10-5-11-28-21;1-21-17-9-8-15-12-16(24)19(26-13-14-6-3-2-4-7-14)18(23(15)17)20(25)22(21)10-5-11-27-21;8-6-2-1-5(4-10)7(9)3-6;1-2;;/h2-4,6-9,14,22H,5,10-13,15-16H2,1H3,(H,32,36);3-4,9,15,29H,2,5-8,10H2,1H3,(H,25,30);2-4,6-7,15H,5,8-12H2,1H3;2-4,6-7,12,17H,5,8-11,13H2,1H3;1-3H,4,10H2;;1H;/q;;;;;;;+1/p-1. The second kappa shape index (κ2) is 42.0. The van der Waals surface area contributed by atoms with Crippen molar-refractivity contribution in [3.8, 4) is 23.0 Å². The molecular formula is C101H98ClF6ILiN11O19. The maximum Gasteiger partial charge on any atom is 1.00 e. The zero-order valence-corrected chi connectivity index (χ0v) is 80.0. The van der Waals surface area contributed by atoms with Crippen LogP contribution in [-0.2, 0) is 88.7 Å². The van der Waals surface area contributed by atoms with Crippen LogP contribution in [0.15, 0.2) is 171 Å². The molecule has 0 radical (unpaired) electrons. The number of nitrogens with two attached hydrogens (primary N) is 1. The third-order valence-electron chi connectivity index (χ3n) is 27.9. The molecule has 6 amide bonds. The number of aromatic hydroxyl groups is 1. The molecule has 0 saturated carbocycles. The first-order valence-corrected chi connectivity index (χ1v) is 46.7. The molecule has 4 fully saturated rings. The number of carbonyl (C=O) groups is 6. The molecule has 22 rings (SSSR count). The van der Waals surface area contributed by atoms with Gasteiger partial charge in [-0.3, -0.25) is 47.9 Å². The largest absolute Gasteiger partial charge is 1.00 e. The van der Waals surface area contributed by atoms with Crippen molar-refractivity contribution in [2.75, 3.05) is 52.6 Å². The number of amides is 6. The van der Waals surface area contributed by atoms with E-state index < -0.39 is 92.1 Å². The second-order valence-electron chi connectivity index (χ2n) is 35.8. The number of nitrogens with zero attached hydrogens (tertiary/aromatic N) is 8. The van der Waals surface area contributed by atoms with Crippen molar-refractivity contribution in [1.29, 1.82) is 0 Å². The quantitative estimate of drug-likeness (QED) is 0.0261. The van der Waals surface area contributed by atoms with Crippen molar-refractivity contribution in [2.24, 2.45) is 5.73 Å². The summed E-state index contributed by atoms with van der Waals surface area (Å²) >= 11 is 2.10. The van der Waals surface area contributed by atoms with Gasteiger partial charge in [-0.25, -0.2) is 26.3 Å². The Morgan fingerprint density at radius 2 is 0.764 bits per heavy atom. The molecule has 0 spiro atoms. The number of aryl methyl sites for hydroxylation is 1. The average Bonchev–Trinajstić information content (AvgIpc) is 1.97. The molecule has 5 N–H and O–H groups in total. The van der Waals surface area contributed by atoms with Crippen LogP contribution in [0.4, 0.5) is 26.3 Å². The number of nitrogens with one attached hydrogen (secondary N) is 2. The third-order valence-corrected chi connectivity index (χ3v) is 29.0. The van der Waals surface area contributed by atoms with Gasteiger partial charge in [-0.1, -0.05) is 109 Å². The van der Waals surface area contributed by atoms with E-state index in [9.17, 15) is 79.4 Å². The topological polar surface area (TPSA) is 358 Å². The molecule has 12 aliphatic heterocycles. The zero-order chi connectivity index (χ0) is 97.7. The van der Waals surface area contributed by atoms with Gasteiger partial charge in [-0.15, -0.1) is 0 Å². The molecule has 140 heavy (non-hydrogen) atoms. The minimum absolute atomic E-state index is 0. The van der Waals surface area contributed by atoms with Crippen molar-refractivity contribution < 1.29 is 129 Å². The summed E-state index contributed by atoms with van der Waals surface area (Å²) in [6.45, 7) is 16.8. The Bertz CT molecular complexity index is 6830. The molecule has 10 aromatic rings. The molecule has 6 aromatic carbocycles.